The molecule has 0 radical (unpaired) electrons. The zero-order valence-electron chi connectivity index (χ0n) is 12.3. The molecule has 0 aliphatic rings. The fourth-order valence-corrected chi connectivity index (χ4v) is 2.58. The Bertz CT molecular complexity index is 955. The summed E-state index contributed by atoms with van der Waals surface area (Å²) < 4.78 is 1.59. The van der Waals surface area contributed by atoms with Crippen molar-refractivity contribution in [2.24, 2.45) is 0 Å². The lowest BCUT2D eigenvalue weighted by Crippen LogP contribution is -1.99. The Hall–Kier alpha value is -3.13. The van der Waals surface area contributed by atoms with Crippen LogP contribution in [0.25, 0.3) is 16.9 Å². The summed E-state index contributed by atoms with van der Waals surface area (Å²) in [4.78, 5) is 18.4. The molecule has 2 N–H and O–H groups in total. The third kappa shape index (κ3) is 2.63. The molecule has 0 amide bonds. The summed E-state index contributed by atoms with van der Waals surface area (Å²) in [5.74, 6) is -1.38. The highest BCUT2D eigenvalue weighted by Crippen LogP contribution is 2.39. The van der Waals surface area contributed by atoms with Crippen molar-refractivity contribution >= 4 is 17.3 Å². The van der Waals surface area contributed by atoms with Crippen LogP contribution in [-0.2, 0) is 0 Å². The quantitative estimate of drug-likeness (QED) is 0.326. The van der Waals surface area contributed by atoms with Crippen LogP contribution >= 0.6 is 11.6 Å². The number of pyridine rings is 1. The van der Waals surface area contributed by atoms with Crippen molar-refractivity contribution in [3.8, 4) is 28.4 Å². The molecule has 0 spiro atoms. The smallest absolute Gasteiger partial charge is 0.315 e. The lowest BCUT2D eigenvalue weighted by molar-refractivity contribution is -0.385. The molecule has 3 aromatic rings. The van der Waals surface area contributed by atoms with Crippen molar-refractivity contribution < 1.29 is 15.1 Å². The number of nitro groups is 1. The maximum absolute atomic E-state index is 11.0. The van der Waals surface area contributed by atoms with Gasteiger partial charge in [0.15, 0.2) is 10.9 Å². The molecule has 2 aromatic heterocycles. The Morgan fingerprint density at radius 3 is 2.71 bits per heavy atom. The molecular formula is C15H11ClN4O4. The molecule has 122 valence electrons. The van der Waals surface area contributed by atoms with E-state index in [0.29, 0.717) is 16.9 Å². The fourth-order valence-electron chi connectivity index (χ4n) is 2.29. The van der Waals surface area contributed by atoms with Crippen molar-refractivity contribution in [2.45, 2.75) is 6.92 Å². The van der Waals surface area contributed by atoms with Gasteiger partial charge in [0.2, 0.25) is 5.75 Å². The minimum atomic E-state index is -0.787. The molecule has 0 aliphatic carbocycles. The number of rotatable bonds is 3. The van der Waals surface area contributed by atoms with Gasteiger partial charge in [-0.15, -0.1) is 0 Å². The molecule has 2 heterocycles. The Balaban J connectivity index is 2.20. The summed E-state index contributed by atoms with van der Waals surface area (Å²) >= 11 is 6.16. The molecule has 0 unspecified atom stereocenters. The Morgan fingerprint density at radius 1 is 1.29 bits per heavy atom. The average molecular weight is 347 g/mol. The minimum absolute atomic E-state index is 0.242. The summed E-state index contributed by atoms with van der Waals surface area (Å²) in [6, 6.07) is 5.87. The number of aryl methyl sites for hydroxylation is 1. The molecule has 3 rings (SSSR count). The normalized spacial score (nSPS) is 10.8. The van der Waals surface area contributed by atoms with Gasteiger partial charge < -0.3 is 10.2 Å². The highest BCUT2D eigenvalue weighted by atomic mass is 35.5. The first-order chi connectivity index (χ1) is 11.4. The lowest BCUT2D eigenvalue weighted by atomic mass is 10.1. The van der Waals surface area contributed by atoms with Crippen molar-refractivity contribution in [3.05, 3.63) is 57.8 Å². The second-order valence-electron chi connectivity index (χ2n) is 5.03. The molecule has 1 aromatic carbocycles. The molecule has 8 nitrogen and oxygen atoms in total. The topological polar surface area (TPSA) is 114 Å². The zero-order chi connectivity index (χ0) is 17.4. The van der Waals surface area contributed by atoms with Crippen LogP contribution in [0.1, 0.15) is 5.69 Å². The van der Waals surface area contributed by atoms with E-state index < -0.39 is 22.1 Å². The van der Waals surface area contributed by atoms with E-state index in [2.05, 4.69) is 9.97 Å². The predicted octanol–water partition coefficient (Wildman–Crippen LogP) is 3.22. The first-order valence-electron chi connectivity index (χ1n) is 6.75. The number of nitrogens with zero attached hydrogens (tertiary/aromatic N) is 4. The van der Waals surface area contributed by atoms with E-state index in [-0.39, 0.29) is 5.15 Å². The van der Waals surface area contributed by atoms with Gasteiger partial charge in [-0.25, -0.2) is 9.97 Å². The summed E-state index contributed by atoms with van der Waals surface area (Å²) in [6.45, 7) is 1.80. The maximum atomic E-state index is 11.0. The average Bonchev–Trinajstić information content (AvgIpc) is 2.98. The van der Waals surface area contributed by atoms with E-state index in [1.165, 1.54) is 18.6 Å². The first-order valence-corrected chi connectivity index (χ1v) is 7.13. The van der Waals surface area contributed by atoms with E-state index in [9.17, 15) is 20.3 Å². The van der Waals surface area contributed by atoms with Gasteiger partial charge in [-0.3, -0.25) is 14.7 Å². The number of aromatic nitrogens is 3. The standard InChI is InChI=1S/C15H11ClN4O4/c1-8-2-3-10(15(16)18-8)19-7-17-6-12(19)9-4-11(20(23)24)14(22)13(21)5-9/h2-7,21-22H,1H3. The summed E-state index contributed by atoms with van der Waals surface area (Å²) in [6.07, 6.45) is 2.94. The van der Waals surface area contributed by atoms with Crippen molar-refractivity contribution in [1.82, 2.24) is 14.5 Å². The number of aromatic hydroxyl groups is 2. The number of imidazole rings is 1. The Kier molecular flexibility index (Phi) is 3.82. The summed E-state index contributed by atoms with van der Waals surface area (Å²) in [5.41, 5.74) is 1.41. The summed E-state index contributed by atoms with van der Waals surface area (Å²) in [7, 11) is 0. The lowest BCUT2D eigenvalue weighted by Gasteiger charge is -2.11. The third-order valence-electron chi connectivity index (χ3n) is 3.43. The van der Waals surface area contributed by atoms with Crippen LogP contribution in [0.5, 0.6) is 11.5 Å². The summed E-state index contributed by atoms with van der Waals surface area (Å²) in [5, 5.41) is 30.6. The number of nitro benzene ring substituents is 1. The number of hydrogen-bond acceptors (Lipinski definition) is 6. The van der Waals surface area contributed by atoms with Crippen LogP contribution < -0.4 is 0 Å². The highest BCUT2D eigenvalue weighted by molar-refractivity contribution is 6.31. The molecule has 9 heteroatoms. The first kappa shape index (κ1) is 15.8. The molecule has 0 atom stereocenters. The van der Waals surface area contributed by atoms with E-state index in [1.54, 1.807) is 23.6 Å². The van der Waals surface area contributed by atoms with Crippen LogP contribution in [0.15, 0.2) is 36.8 Å². The largest absolute Gasteiger partial charge is 0.504 e. The number of hydrogen-bond donors (Lipinski definition) is 2. The van der Waals surface area contributed by atoms with Gasteiger partial charge in [0.05, 0.1) is 28.8 Å². The number of phenolic OH excluding ortho intramolecular Hbond substituents is 2. The van der Waals surface area contributed by atoms with Gasteiger partial charge in [0.25, 0.3) is 0 Å². The molecule has 0 saturated heterocycles. The zero-order valence-corrected chi connectivity index (χ0v) is 13.1. The fraction of sp³-hybridized carbons (Fsp3) is 0.0667. The van der Waals surface area contributed by atoms with Crippen molar-refractivity contribution in [2.75, 3.05) is 0 Å². The predicted molar refractivity (Wildman–Crippen MR) is 86.5 cm³/mol. The van der Waals surface area contributed by atoms with E-state index in [1.807, 2.05) is 0 Å². The van der Waals surface area contributed by atoms with Crippen molar-refractivity contribution in [3.63, 3.8) is 0 Å². The second kappa shape index (κ2) is 5.82. The van der Waals surface area contributed by atoms with Gasteiger partial charge in [-0.2, -0.15) is 0 Å². The van der Waals surface area contributed by atoms with E-state index >= 15 is 0 Å². The van der Waals surface area contributed by atoms with Crippen LogP contribution in [0.4, 0.5) is 5.69 Å². The molecular weight excluding hydrogens is 336 g/mol. The van der Waals surface area contributed by atoms with Crippen LogP contribution in [0.2, 0.25) is 5.15 Å². The van der Waals surface area contributed by atoms with E-state index in [0.717, 1.165) is 11.8 Å². The highest BCUT2D eigenvalue weighted by Gasteiger charge is 2.21. The second-order valence-corrected chi connectivity index (χ2v) is 5.39. The molecule has 0 saturated carbocycles. The van der Waals surface area contributed by atoms with Crippen LogP contribution in [0.3, 0.4) is 0 Å². The van der Waals surface area contributed by atoms with Gasteiger partial charge in [0, 0.05) is 17.3 Å². The van der Waals surface area contributed by atoms with Gasteiger partial charge in [-0.1, -0.05) is 11.6 Å². The minimum Gasteiger partial charge on any atom is -0.504 e. The van der Waals surface area contributed by atoms with Crippen molar-refractivity contribution in [1.29, 1.82) is 0 Å². The Morgan fingerprint density at radius 2 is 2.04 bits per heavy atom. The van der Waals surface area contributed by atoms with Gasteiger partial charge in [0.1, 0.15) is 0 Å². The van der Waals surface area contributed by atoms with Gasteiger partial charge >= 0.3 is 5.69 Å². The SMILES string of the molecule is Cc1ccc(-n2cncc2-c2cc(O)c(O)c([N+](=O)[O-])c2)c(Cl)n1. The van der Waals surface area contributed by atoms with Gasteiger partial charge in [-0.05, 0) is 25.1 Å². The molecule has 0 aliphatic heterocycles. The Labute approximate surface area is 140 Å². The number of phenols is 2. The van der Waals surface area contributed by atoms with Crippen LogP contribution in [0, 0.1) is 17.0 Å². The maximum Gasteiger partial charge on any atom is 0.315 e. The molecule has 0 fully saturated rings. The van der Waals surface area contributed by atoms with Crippen LogP contribution in [-0.4, -0.2) is 29.7 Å². The third-order valence-corrected chi connectivity index (χ3v) is 3.71. The molecule has 24 heavy (non-hydrogen) atoms. The number of benzene rings is 1. The number of halogens is 1. The van der Waals surface area contributed by atoms with E-state index in [4.69, 9.17) is 11.6 Å². The molecule has 0 bridgehead atoms. The monoisotopic (exact) mass is 346 g/mol.